The van der Waals surface area contributed by atoms with Crippen molar-refractivity contribution in [1.82, 2.24) is 0 Å². The minimum atomic E-state index is -3.72. The van der Waals surface area contributed by atoms with E-state index < -0.39 is 15.4 Å². The molecule has 1 heterocycles. The Morgan fingerprint density at radius 2 is 1.96 bits per heavy atom. The highest BCUT2D eigenvalue weighted by Gasteiger charge is 2.68. The molecule has 1 saturated heterocycles. The number of hydrogen-bond donors (Lipinski definition) is 0. The number of nitrogens with zero attached hydrogens (tertiary/aromatic N) is 1. The van der Waals surface area contributed by atoms with E-state index in [4.69, 9.17) is 4.74 Å². The van der Waals surface area contributed by atoms with Crippen LogP contribution in [0.3, 0.4) is 0 Å². The van der Waals surface area contributed by atoms with E-state index in [1.165, 1.54) is 0 Å². The fourth-order valence-corrected chi connectivity index (χ4v) is 5.29. The highest BCUT2D eigenvalue weighted by atomic mass is 32.2. The summed E-state index contributed by atoms with van der Waals surface area (Å²) in [5, 5.41) is 0. The highest BCUT2D eigenvalue weighted by molar-refractivity contribution is 7.90. The van der Waals surface area contributed by atoms with Crippen LogP contribution in [0.15, 0.2) is 46.2 Å². The molecule has 24 heavy (non-hydrogen) atoms. The van der Waals surface area contributed by atoms with Gasteiger partial charge in [-0.1, -0.05) is 44.5 Å². The zero-order valence-electron chi connectivity index (χ0n) is 14.7. The molecule has 2 unspecified atom stereocenters. The summed E-state index contributed by atoms with van der Waals surface area (Å²) in [6, 6.07) is 6.80. The van der Waals surface area contributed by atoms with Gasteiger partial charge in [-0.15, -0.1) is 6.58 Å². The molecule has 2 aliphatic rings. The quantitative estimate of drug-likeness (QED) is 0.779. The molecule has 1 aromatic rings. The highest BCUT2D eigenvalue weighted by Crippen LogP contribution is 2.63. The molecule has 1 aliphatic carbocycles. The van der Waals surface area contributed by atoms with Gasteiger partial charge < -0.3 is 4.74 Å². The first-order valence-electron chi connectivity index (χ1n) is 8.32. The third-order valence-corrected chi connectivity index (χ3v) is 6.87. The van der Waals surface area contributed by atoms with E-state index in [1.54, 1.807) is 24.3 Å². The second-order valence-corrected chi connectivity index (χ2v) is 9.22. The lowest BCUT2D eigenvalue weighted by Crippen LogP contribution is -2.60. The van der Waals surface area contributed by atoms with E-state index in [-0.39, 0.29) is 22.3 Å². The molecule has 1 aromatic carbocycles. The molecule has 1 aliphatic heterocycles. The van der Waals surface area contributed by atoms with Crippen LogP contribution in [-0.4, -0.2) is 26.8 Å². The first-order valence-corrected chi connectivity index (χ1v) is 9.76. The van der Waals surface area contributed by atoms with Crippen molar-refractivity contribution in [1.29, 1.82) is 0 Å². The lowest BCUT2D eigenvalue weighted by Gasteiger charge is -2.54. The largest absolute Gasteiger partial charge is 0.376 e. The van der Waals surface area contributed by atoms with Gasteiger partial charge in [-0.2, -0.15) is 12.8 Å². The number of aryl methyl sites for hydroxylation is 1. The molecule has 3 rings (SSSR count). The zero-order chi connectivity index (χ0) is 17.8. The number of fused-ring (bicyclic) bond motifs is 1. The van der Waals surface area contributed by atoms with E-state index >= 15 is 0 Å². The molecule has 0 bridgehead atoms. The van der Waals surface area contributed by atoms with E-state index in [2.05, 4.69) is 31.7 Å². The van der Waals surface area contributed by atoms with Crippen LogP contribution >= 0.6 is 0 Å². The lowest BCUT2D eigenvalue weighted by molar-refractivity contribution is 0.0497. The number of sulfonamides is 1. The second kappa shape index (κ2) is 5.53. The number of benzene rings is 1. The van der Waals surface area contributed by atoms with Crippen molar-refractivity contribution in [2.75, 3.05) is 6.61 Å². The Hall–Kier alpha value is -1.46. The van der Waals surface area contributed by atoms with E-state index in [9.17, 15) is 8.42 Å². The minimum Gasteiger partial charge on any atom is -0.376 e. The first kappa shape index (κ1) is 17.4. The third kappa shape index (κ3) is 2.29. The zero-order valence-corrected chi connectivity index (χ0v) is 15.6. The van der Waals surface area contributed by atoms with Crippen LogP contribution in [0.4, 0.5) is 0 Å². The molecule has 130 valence electrons. The van der Waals surface area contributed by atoms with Crippen LogP contribution in [-0.2, 0) is 14.8 Å². The van der Waals surface area contributed by atoms with E-state index in [1.807, 2.05) is 13.0 Å². The minimum absolute atomic E-state index is 0.0827. The van der Waals surface area contributed by atoms with Gasteiger partial charge in [0, 0.05) is 11.1 Å². The normalized spacial score (nSPS) is 34.2. The smallest absolute Gasteiger partial charge is 0.282 e. The van der Waals surface area contributed by atoms with Crippen LogP contribution in [0, 0.1) is 23.7 Å². The van der Waals surface area contributed by atoms with Crippen molar-refractivity contribution in [2.24, 2.45) is 21.1 Å². The van der Waals surface area contributed by atoms with Crippen molar-refractivity contribution >= 4 is 15.7 Å². The molecule has 1 saturated carbocycles. The molecule has 2 fully saturated rings. The van der Waals surface area contributed by atoms with Gasteiger partial charge in [0.2, 0.25) is 0 Å². The van der Waals surface area contributed by atoms with Gasteiger partial charge in [0.05, 0.1) is 23.0 Å². The predicted octanol–water partition coefficient (Wildman–Crippen LogP) is 3.76. The molecule has 3 atom stereocenters. The van der Waals surface area contributed by atoms with Gasteiger partial charge in [0.15, 0.2) is 0 Å². The second-order valence-electron chi connectivity index (χ2n) is 7.61. The summed E-state index contributed by atoms with van der Waals surface area (Å²) in [6.07, 6.45) is 2.41. The lowest BCUT2D eigenvalue weighted by atomic mass is 9.47. The summed E-state index contributed by atoms with van der Waals surface area (Å²) in [6.45, 7) is 12.9. The Kier molecular flexibility index (Phi) is 4.00. The van der Waals surface area contributed by atoms with Crippen LogP contribution in [0.25, 0.3) is 0 Å². The molecule has 4 nitrogen and oxygen atoms in total. The Morgan fingerprint density at radius 1 is 1.33 bits per heavy atom. The molecule has 0 aromatic heterocycles. The Morgan fingerprint density at radius 3 is 2.50 bits per heavy atom. The maximum absolute atomic E-state index is 12.7. The van der Waals surface area contributed by atoms with Crippen LogP contribution in [0.1, 0.15) is 32.8 Å². The molecule has 5 heteroatoms. The van der Waals surface area contributed by atoms with E-state index in [0.717, 1.165) is 5.56 Å². The molecule has 0 N–H and O–H groups in total. The van der Waals surface area contributed by atoms with Crippen molar-refractivity contribution in [2.45, 2.75) is 45.1 Å². The van der Waals surface area contributed by atoms with Crippen molar-refractivity contribution in [3.63, 3.8) is 0 Å². The molecule has 0 spiro atoms. The molecule has 0 radical (unpaired) electrons. The maximum Gasteiger partial charge on any atom is 0.282 e. The third-order valence-electron chi connectivity index (χ3n) is 5.54. The van der Waals surface area contributed by atoms with Crippen LogP contribution < -0.4 is 0 Å². The first-order chi connectivity index (χ1) is 11.2. The van der Waals surface area contributed by atoms with Crippen molar-refractivity contribution < 1.29 is 13.2 Å². The summed E-state index contributed by atoms with van der Waals surface area (Å²) >= 11 is 0. The summed E-state index contributed by atoms with van der Waals surface area (Å²) in [4.78, 5) is 0.230. The van der Waals surface area contributed by atoms with Crippen LogP contribution in [0.2, 0.25) is 0 Å². The molecular weight excluding hydrogens is 322 g/mol. The Balaban J connectivity index is 2.05. The summed E-state index contributed by atoms with van der Waals surface area (Å²) < 4.78 is 35.7. The summed E-state index contributed by atoms with van der Waals surface area (Å²) in [5.74, 6) is 0.261. The Bertz CT molecular complexity index is 794. The van der Waals surface area contributed by atoms with Crippen LogP contribution in [0.5, 0.6) is 0 Å². The average molecular weight is 347 g/mol. The van der Waals surface area contributed by atoms with Gasteiger partial charge in [0.25, 0.3) is 10.0 Å². The summed E-state index contributed by atoms with van der Waals surface area (Å²) in [7, 11) is -3.72. The maximum atomic E-state index is 12.7. The molecule has 0 amide bonds. The van der Waals surface area contributed by atoms with Gasteiger partial charge >= 0.3 is 0 Å². The number of ether oxygens (including phenoxy) is 1. The number of rotatable bonds is 4. The standard InChI is InChI=1S/C19H25NO3S/c1-6-19-16(11-18(19,5)12-23-17(19)13(2)3)20-24(21,22)15-9-7-14(4)8-10-15/h6-10,13,17H,1,11-12H2,2-5H3/b20-16-/t17-,18?,19?/m1/s1. The van der Waals surface area contributed by atoms with Gasteiger partial charge in [0.1, 0.15) is 0 Å². The number of hydrogen-bond acceptors (Lipinski definition) is 3. The van der Waals surface area contributed by atoms with Crippen molar-refractivity contribution in [3.8, 4) is 0 Å². The topological polar surface area (TPSA) is 55.7 Å². The fourth-order valence-electron chi connectivity index (χ4n) is 4.20. The van der Waals surface area contributed by atoms with Gasteiger partial charge in [-0.05, 0) is 31.4 Å². The Labute approximate surface area is 144 Å². The van der Waals surface area contributed by atoms with E-state index in [0.29, 0.717) is 18.7 Å². The van der Waals surface area contributed by atoms with Gasteiger partial charge in [-0.25, -0.2) is 0 Å². The summed E-state index contributed by atoms with van der Waals surface area (Å²) in [5.41, 5.74) is 1.09. The average Bonchev–Trinajstić information content (AvgIpc) is 2.73. The fraction of sp³-hybridized carbons (Fsp3) is 0.526. The SMILES string of the molecule is C=CC12/C(=N\S(=O)(=O)c3ccc(C)cc3)CC1(C)CO[C@@H]2C(C)C. The predicted molar refractivity (Wildman–Crippen MR) is 95.7 cm³/mol. The monoisotopic (exact) mass is 347 g/mol. The molecular formula is C19H25NO3S. The van der Waals surface area contributed by atoms with Gasteiger partial charge in [-0.3, -0.25) is 0 Å². The van der Waals surface area contributed by atoms with Crippen molar-refractivity contribution in [3.05, 3.63) is 42.5 Å².